The minimum Gasteiger partial charge on any atom is -0.494 e. The number of hydrogen-bond acceptors (Lipinski definition) is 5. The van der Waals surface area contributed by atoms with Crippen molar-refractivity contribution in [3.63, 3.8) is 0 Å². The van der Waals surface area contributed by atoms with Gasteiger partial charge in [0.25, 0.3) is 0 Å². The predicted octanol–water partition coefficient (Wildman–Crippen LogP) is 3.08. The fourth-order valence-electron chi connectivity index (χ4n) is 4.77. The first-order valence-electron chi connectivity index (χ1n) is 12.0. The largest absolute Gasteiger partial charge is 0.494 e. The van der Waals surface area contributed by atoms with Crippen LogP contribution in [0.15, 0.2) is 60.0 Å². The summed E-state index contributed by atoms with van der Waals surface area (Å²) in [6.45, 7) is 3.22. The number of aromatic amines is 1. The van der Waals surface area contributed by atoms with Crippen molar-refractivity contribution in [2.45, 2.75) is 38.1 Å². The number of carbonyl (C=O) groups is 1. The number of piperidine rings is 1. The van der Waals surface area contributed by atoms with Crippen molar-refractivity contribution in [3.8, 4) is 5.75 Å². The highest BCUT2D eigenvalue weighted by molar-refractivity contribution is 5.96. The van der Waals surface area contributed by atoms with Crippen LogP contribution in [0, 0.1) is 5.82 Å². The van der Waals surface area contributed by atoms with Gasteiger partial charge in [0, 0.05) is 42.2 Å². The lowest BCUT2D eigenvalue weighted by Gasteiger charge is -2.31. The number of ketones is 1. The van der Waals surface area contributed by atoms with Crippen LogP contribution in [0.5, 0.6) is 5.75 Å². The van der Waals surface area contributed by atoms with E-state index in [1.165, 1.54) is 11.6 Å². The fourth-order valence-corrected chi connectivity index (χ4v) is 4.77. The van der Waals surface area contributed by atoms with Gasteiger partial charge in [-0.2, -0.15) is 0 Å². The van der Waals surface area contributed by atoms with Crippen LogP contribution in [0.1, 0.15) is 41.7 Å². The lowest BCUT2D eigenvalue weighted by Crippen LogP contribution is -2.38. The highest BCUT2D eigenvalue weighted by atomic mass is 19.1. The van der Waals surface area contributed by atoms with E-state index in [1.54, 1.807) is 18.5 Å². The van der Waals surface area contributed by atoms with Crippen LogP contribution in [0.4, 0.5) is 4.39 Å². The molecule has 2 aromatic carbocycles. The smallest absolute Gasteiger partial charge is 0.162 e. The van der Waals surface area contributed by atoms with Crippen LogP contribution in [0.3, 0.4) is 0 Å². The molecule has 1 fully saturated rings. The van der Waals surface area contributed by atoms with Crippen LogP contribution in [-0.4, -0.2) is 52.9 Å². The van der Waals surface area contributed by atoms with Crippen molar-refractivity contribution in [2.75, 3.05) is 26.2 Å². The molecule has 0 saturated carbocycles. The molecule has 1 aromatic heterocycles. The summed E-state index contributed by atoms with van der Waals surface area (Å²) in [6.07, 6.45) is 7.55. The molecule has 1 unspecified atom stereocenters. The number of likely N-dealkylation sites (tertiary alicyclic amines) is 1. The number of H-pyrrole nitrogens is 1. The van der Waals surface area contributed by atoms with Crippen LogP contribution in [0.2, 0.25) is 0 Å². The Balaban J connectivity index is 1.07. The molecule has 0 amide bonds. The zero-order valence-corrected chi connectivity index (χ0v) is 19.2. The van der Waals surface area contributed by atoms with Crippen LogP contribution < -0.4 is 15.3 Å². The van der Waals surface area contributed by atoms with E-state index >= 15 is 0 Å². The van der Waals surface area contributed by atoms with Crippen molar-refractivity contribution >= 4 is 11.4 Å². The Hall–Kier alpha value is -3.32. The average molecular weight is 461 g/mol. The zero-order valence-electron chi connectivity index (χ0n) is 19.2. The molecule has 3 heterocycles. The van der Waals surface area contributed by atoms with Gasteiger partial charge >= 0.3 is 0 Å². The highest BCUT2D eigenvalue weighted by Gasteiger charge is 2.27. The van der Waals surface area contributed by atoms with Crippen molar-refractivity contribution in [2.24, 2.45) is 4.99 Å². The lowest BCUT2D eigenvalue weighted by atomic mass is 9.98. The van der Waals surface area contributed by atoms with Crippen molar-refractivity contribution in [1.82, 2.24) is 14.9 Å². The maximum atomic E-state index is 13.7. The molecule has 7 heteroatoms. The summed E-state index contributed by atoms with van der Waals surface area (Å²) in [7, 11) is 0. The number of carbonyl (C=O) groups excluding carboxylic acids is 1. The van der Waals surface area contributed by atoms with Crippen molar-refractivity contribution in [1.29, 1.82) is 0 Å². The number of halogens is 1. The lowest BCUT2D eigenvalue weighted by molar-refractivity contribution is 0.0975. The highest BCUT2D eigenvalue weighted by Crippen LogP contribution is 2.22. The minimum atomic E-state index is -0.213. The normalized spacial score (nSPS) is 17.2. The molecule has 1 saturated heterocycles. The molecule has 2 aliphatic heterocycles. The summed E-state index contributed by atoms with van der Waals surface area (Å²) in [4.78, 5) is 26.8. The second-order valence-corrected chi connectivity index (χ2v) is 8.98. The van der Waals surface area contributed by atoms with Gasteiger partial charge < -0.3 is 9.72 Å². The van der Waals surface area contributed by atoms with Gasteiger partial charge in [0.05, 0.1) is 24.3 Å². The first-order valence-corrected chi connectivity index (χ1v) is 12.0. The first kappa shape index (κ1) is 22.5. The first-order chi connectivity index (χ1) is 16.7. The maximum absolute atomic E-state index is 13.7. The summed E-state index contributed by atoms with van der Waals surface area (Å²) in [5, 5.41) is 1.86. The van der Waals surface area contributed by atoms with Gasteiger partial charge in [0.1, 0.15) is 11.6 Å². The second kappa shape index (κ2) is 10.3. The Kier molecular flexibility index (Phi) is 6.81. The molecule has 2 aliphatic rings. The Morgan fingerprint density at radius 2 is 2.06 bits per heavy atom. The molecule has 34 heavy (non-hydrogen) atoms. The van der Waals surface area contributed by atoms with Gasteiger partial charge in [-0.15, -0.1) is 0 Å². The van der Waals surface area contributed by atoms with E-state index < -0.39 is 0 Å². The third-order valence-corrected chi connectivity index (χ3v) is 6.58. The molecule has 3 aromatic rings. The van der Waals surface area contributed by atoms with E-state index in [-0.39, 0.29) is 17.6 Å². The van der Waals surface area contributed by atoms with Gasteiger partial charge in [-0.05, 0) is 80.3 Å². The van der Waals surface area contributed by atoms with E-state index in [2.05, 4.69) is 14.9 Å². The number of rotatable bonds is 10. The van der Waals surface area contributed by atoms with Gasteiger partial charge in [0.15, 0.2) is 5.78 Å². The Bertz CT molecular complexity index is 1250. The Morgan fingerprint density at radius 1 is 1.18 bits per heavy atom. The number of aryl methyl sites for hydroxylation is 1. The summed E-state index contributed by atoms with van der Waals surface area (Å²) in [5.41, 5.74) is 3.04. The number of nitrogens with one attached hydrogen (secondary N) is 1. The molecule has 1 atom stereocenters. The van der Waals surface area contributed by atoms with E-state index in [0.29, 0.717) is 13.0 Å². The molecule has 176 valence electrons. The van der Waals surface area contributed by atoms with Crippen LogP contribution in [-0.2, 0) is 6.42 Å². The van der Waals surface area contributed by atoms with Crippen LogP contribution >= 0.6 is 0 Å². The van der Waals surface area contributed by atoms with E-state index in [9.17, 15) is 9.18 Å². The maximum Gasteiger partial charge on any atom is 0.162 e. The number of nitrogens with zero attached hydrogens (tertiary/aromatic N) is 3. The molecule has 0 spiro atoms. The second-order valence-electron chi connectivity index (χ2n) is 8.98. The third kappa shape index (κ3) is 5.25. The summed E-state index contributed by atoms with van der Waals surface area (Å²) < 4.78 is 19.5. The number of hydrogen-bond donors (Lipinski definition) is 1. The monoisotopic (exact) mass is 460 g/mol. The van der Waals surface area contributed by atoms with Gasteiger partial charge in [-0.1, -0.05) is 0 Å². The quantitative estimate of drug-likeness (QED) is 0.373. The molecule has 6 nitrogen and oxygen atoms in total. The third-order valence-electron chi connectivity index (χ3n) is 6.58. The summed E-state index contributed by atoms with van der Waals surface area (Å²) >= 11 is 0. The molecular formula is C27H29FN4O2. The average Bonchev–Trinajstić information content (AvgIpc) is 3.50. The number of benzene rings is 2. The SMILES string of the molecule is O=C(CCCN1CCC2N=c3ccc(F)cc3=C2C1)c1ccc(OCCCc2cnc[nH]2)cc1. The number of fused-ring (bicyclic) bond motifs is 2. The van der Waals surface area contributed by atoms with Gasteiger partial charge in [0.2, 0.25) is 0 Å². The van der Waals surface area contributed by atoms with Crippen molar-refractivity contribution < 1.29 is 13.9 Å². The topological polar surface area (TPSA) is 70.6 Å². The van der Waals surface area contributed by atoms with Gasteiger partial charge in [-0.3, -0.25) is 14.7 Å². The van der Waals surface area contributed by atoms with E-state index in [0.717, 1.165) is 72.9 Å². The Morgan fingerprint density at radius 3 is 2.88 bits per heavy atom. The predicted molar refractivity (Wildman–Crippen MR) is 128 cm³/mol. The fraction of sp³-hybridized carbons (Fsp3) is 0.370. The number of imidazole rings is 1. The number of ether oxygens (including phenoxy) is 1. The molecule has 0 aliphatic carbocycles. The standard InChI is InChI=1S/C27H29FN4O2/c28-20-7-10-25-23(15-20)24-17-32(13-11-26(24)31-25)12-1-4-27(33)19-5-8-22(9-6-19)34-14-2-3-21-16-29-18-30-21/h5-10,15-16,18,26H,1-4,11-14,17H2,(H,29,30). The van der Waals surface area contributed by atoms with Crippen molar-refractivity contribution in [3.05, 3.63) is 82.6 Å². The van der Waals surface area contributed by atoms with Gasteiger partial charge in [-0.25, -0.2) is 9.37 Å². The zero-order chi connectivity index (χ0) is 23.3. The molecule has 5 rings (SSSR count). The van der Waals surface area contributed by atoms with E-state index in [1.807, 2.05) is 30.5 Å². The van der Waals surface area contributed by atoms with Crippen LogP contribution in [0.25, 0.3) is 5.57 Å². The molecular weight excluding hydrogens is 431 g/mol. The van der Waals surface area contributed by atoms with E-state index in [4.69, 9.17) is 9.73 Å². The Labute approximate surface area is 198 Å². The minimum absolute atomic E-state index is 0.150. The molecule has 0 radical (unpaired) electrons. The number of Topliss-reactive ketones (excluding diaryl/α,β-unsaturated/α-hetero) is 1. The summed E-state index contributed by atoms with van der Waals surface area (Å²) in [6, 6.07) is 12.5. The molecule has 0 bridgehead atoms. The summed E-state index contributed by atoms with van der Waals surface area (Å²) in [5.74, 6) is 0.715. The number of aromatic nitrogens is 2. The molecule has 1 N–H and O–H groups in total.